The van der Waals surface area contributed by atoms with Crippen LogP contribution < -0.4 is 16.0 Å². The minimum Gasteiger partial charge on any atom is -0.334 e. The van der Waals surface area contributed by atoms with Crippen molar-refractivity contribution in [1.29, 1.82) is 0 Å². The number of aromatic nitrogens is 2. The fraction of sp³-hybridized carbons (Fsp3) is 0.0455. The first-order valence-corrected chi connectivity index (χ1v) is 9.40. The molecule has 1 heterocycles. The van der Waals surface area contributed by atoms with Gasteiger partial charge in [-0.3, -0.25) is 14.9 Å². The van der Waals surface area contributed by atoms with Crippen LogP contribution in [0.25, 0.3) is 10.8 Å². The maximum Gasteiger partial charge on any atom is 0.353 e. The smallest absolute Gasteiger partial charge is 0.334 e. The van der Waals surface area contributed by atoms with Crippen LogP contribution in [0.5, 0.6) is 0 Å². The summed E-state index contributed by atoms with van der Waals surface area (Å²) in [5.41, 5.74) is 1.62. The summed E-state index contributed by atoms with van der Waals surface area (Å²) in [6.45, 7) is 1.42. The lowest BCUT2D eigenvalue weighted by Gasteiger charge is -2.12. The zero-order valence-corrected chi connectivity index (χ0v) is 16.5. The molecule has 0 atom stereocenters. The quantitative estimate of drug-likeness (QED) is 0.300. The molecule has 0 radical (unpaired) electrons. The van der Waals surface area contributed by atoms with E-state index in [0.717, 1.165) is 10.8 Å². The van der Waals surface area contributed by atoms with E-state index in [-0.39, 0.29) is 23.2 Å². The second-order valence-electron chi connectivity index (χ2n) is 6.71. The number of anilines is 5. The van der Waals surface area contributed by atoms with Crippen LogP contribution in [0.3, 0.4) is 0 Å². The van der Waals surface area contributed by atoms with Crippen molar-refractivity contribution < 1.29 is 9.72 Å². The second kappa shape index (κ2) is 8.46. The topological polar surface area (TPSA) is 122 Å². The standard InChI is InChI=1S/C22H18N6O3/c1-14(29)25-16-9-11-17(12-10-16)26-21-20(28(30)31)22(24-13-23-21)27-19-8-4-6-15-5-2-3-7-18(15)19/h2-13H,1H3,(H,25,29)(H2,23,24,26,27). The molecule has 4 rings (SSSR count). The first kappa shape index (κ1) is 19.8. The maximum absolute atomic E-state index is 11.9. The number of benzene rings is 3. The van der Waals surface area contributed by atoms with Gasteiger partial charge in [-0.1, -0.05) is 36.4 Å². The summed E-state index contributed by atoms with van der Waals surface area (Å²) in [6.07, 6.45) is 1.26. The molecule has 9 nitrogen and oxygen atoms in total. The van der Waals surface area contributed by atoms with Gasteiger partial charge >= 0.3 is 5.69 Å². The third-order valence-electron chi connectivity index (χ3n) is 4.52. The van der Waals surface area contributed by atoms with Gasteiger partial charge in [0.05, 0.1) is 4.92 Å². The monoisotopic (exact) mass is 414 g/mol. The molecule has 154 valence electrons. The van der Waals surface area contributed by atoms with E-state index in [0.29, 0.717) is 17.1 Å². The zero-order valence-electron chi connectivity index (χ0n) is 16.5. The van der Waals surface area contributed by atoms with Gasteiger partial charge in [0.2, 0.25) is 17.5 Å². The number of nitrogens with zero attached hydrogens (tertiary/aromatic N) is 3. The van der Waals surface area contributed by atoms with Gasteiger partial charge in [-0.25, -0.2) is 9.97 Å². The fourth-order valence-electron chi connectivity index (χ4n) is 3.17. The van der Waals surface area contributed by atoms with E-state index in [4.69, 9.17) is 0 Å². The summed E-state index contributed by atoms with van der Waals surface area (Å²) < 4.78 is 0. The van der Waals surface area contributed by atoms with Crippen molar-refractivity contribution in [2.45, 2.75) is 6.92 Å². The Morgan fingerprint density at radius 2 is 1.52 bits per heavy atom. The van der Waals surface area contributed by atoms with Crippen molar-refractivity contribution in [3.63, 3.8) is 0 Å². The van der Waals surface area contributed by atoms with Gasteiger partial charge in [-0.05, 0) is 35.7 Å². The van der Waals surface area contributed by atoms with Gasteiger partial charge in [0.25, 0.3) is 0 Å². The number of rotatable bonds is 6. The van der Waals surface area contributed by atoms with E-state index >= 15 is 0 Å². The van der Waals surface area contributed by atoms with Gasteiger partial charge in [-0.2, -0.15) is 0 Å². The summed E-state index contributed by atoms with van der Waals surface area (Å²) in [6, 6.07) is 20.1. The van der Waals surface area contributed by atoms with Crippen LogP contribution in [-0.4, -0.2) is 20.8 Å². The lowest BCUT2D eigenvalue weighted by molar-refractivity contribution is -0.383. The van der Waals surface area contributed by atoms with Crippen LogP contribution in [0.2, 0.25) is 0 Å². The Morgan fingerprint density at radius 3 is 2.23 bits per heavy atom. The van der Waals surface area contributed by atoms with Crippen molar-refractivity contribution >= 4 is 51.1 Å². The Labute approximate surface area is 177 Å². The highest BCUT2D eigenvalue weighted by molar-refractivity contribution is 5.96. The van der Waals surface area contributed by atoms with Crippen LogP contribution in [0.1, 0.15) is 6.92 Å². The molecular weight excluding hydrogens is 396 g/mol. The number of nitrogens with one attached hydrogen (secondary N) is 3. The van der Waals surface area contributed by atoms with E-state index in [1.54, 1.807) is 24.3 Å². The average molecular weight is 414 g/mol. The van der Waals surface area contributed by atoms with Crippen molar-refractivity contribution in [1.82, 2.24) is 9.97 Å². The van der Waals surface area contributed by atoms with Crippen molar-refractivity contribution in [3.8, 4) is 0 Å². The van der Waals surface area contributed by atoms with E-state index in [9.17, 15) is 14.9 Å². The Morgan fingerprint density at radius 1 is 0.871 bits per heavy atom. The number of nitro groups is 1. The molecule has 0 fully saturated rings. The molecule has 0 aliphatic rings. The molecule has 31 heavy (non-hydrogen) atoms. The van der Waals surface area contributed by atoms with E-state index in [1.165, 1.54) is 13.3 Å². The number of amides is 1. The molecule has 0 saturated carbocycles. The molecule has 1 amide bonds. The fourth-order valence-corrected chi connectivity index (χ4v) is 3.17. The lowest BCUT2D eigenvalue weighted by Crippen LogP contribution is -2.06. The van der Waals surface area contributed by atoms with Crippen molar-refractivity contribution in [2.24, 2.45) is 0 Å². The molecule has 0 saturated heterocycles. The zero-order chi connectivity index (χ0) is 21.8. The lowest BCUT2D eigenvalue weighted by atomic mass is 10.1. The summed E-state index contributed by atoms with van der Waals surface area (Å²) in [4.78, 5) is 30.6. The molecular formula is C22H18N6O3. The highest BCUT2D eigenvalue weighted by Crippen LogP contribution is 2.34. The number of carbonyl (C=O) groups is 1. The van der Waals surface area contributed by atoms with Gasteiger partial charge in [0, 0.05) is 29.4 Å². The molecule has 3 aromatic carbocycles. The summed E-state index contributed by atoms with van der Waals surface area (Å²) in [7, 11) is 0. The van der Waals surface area contributed by atoms with Crippen molar-refractivity contribution in [2.75, 3.05) is 16.0 Å². The predicted molar refractivity (Wildman–Crippen MR) is 120 cm³/mol. The molecule has 0 aliphatic heterocycles. The molecule has 0 aliphatic carbocycles. The van der Waals surface area contributed by atoms with Crippen LogP contribution in [-0.2, 0) is 4.79 Å². The van der Waals surface area contributed by atoms with Gasteiger partial charge in [0.15, 0.2) is 0 Å². The van der Waals surface area contributed by atoms with Crippen molar-refractivity contribution in [3.05, 3.63) is 83.2 Å². The highest BCUT2D eigenvalue weighted by atomic mass is 16.6. The first-order chi connectivity index (χ1) is 15.0. The Bertz CT molecular complexity index is 1270. The number of hydrogen-bond donors (Lipinski definition) is 3. The minimum atomic E-state index is -0.526. The Kier molecular flexibility index (Phi) is 5.39. The Balaban J connectivity index is 1.67. The largest absolute Gasteiger partial charge is 0.353 e. The third-order valence-corrected chi connectivity index (χ3v) is 4.52. The highest BCUT2D eigenvalue weighted by Gasteiger charge is 2.23. The number of hydrogen-bond acceptors (Lipinski definition) is 7. The van der Waals surface area contributed by atoms with Gasteiger partial charge in [0.1, 0.15) is 6.33 Å². The average Bonchev–Trinajstić information content (AvgIpc) is 2.75. The Hall–Kier alpha value is -4.53. The number of carbonyl (C=O) groups excluding carboxylic acids is 1. The van der Waals surface area contributed by atoms with Gasteiger partial charge < -0.3 is 16.0 Å². The molecule has 0 spiro atoms. The van der Waals surface area contributed by atoms with E-state index < -0.39 is 4.92 Å². The minimum absolute atomic E-state index is 0.0509. The third kappa shape index (κ3) is 4.40. The molecule has 9 heteroatoms. The molecule has 1 aromatic heterocycles. The van der Waals surface area contributed by atoms with Crippen LogP contribution in [0.15, 0.2) is 73.1 Å². The predicted octanol–water partition coefficient (Wildman–Crippen LogP) is 4.98. The first-order valence-electron chi connectivity index (χ1n) is 9.40. The SMILES string of the molecule is CC(=O)Nc1ccc(Nc2ncnc(Nc3cccc4ccccc34)c2[N+](=O)[O-])cc1. The molecule has 3 N–H and O–H groups in total. The second-order valence-corrected chi connectivity index (χ2v) is 6.71. The summed E-state index contributed by atoms with van der Waals surface area (Å²) in [5.74, 6) is -0.0555. The van der Waals surface area contributed by atoms with Crippen LogP contribution in [0.4, 0.5) is 34.4 Å². The summed E-state index contributed by atoms with van der Waals surface area (Å²) in [5, 5.41) is 22.5. The normalized spacial score (nSPS) is 10.5. The van der Waals surface area contributed by atoms with E-state index in [1.807, 2.05) is 42.5 Å². The van der Waals surface area contributed by atoms with E-state index in [2.05, 4.69) is 25.9 Å². The molecule has 0 bridgehead atoms. The van der Waals surface area contributed by atoms with Crippen LogP contribution in [0, 0.1) is 10.1 Å². The maximum atomic E-state index is 11.9. The molecule has 4 aromatic rings. The summed E-state index contributed by atoms with van der Waals surface area (Å²) >= 11 is 0. The van der Waals surface area contributed by atoms with Gasteiger partial charge in [-0.15, -0.1) is 0 Å². The van der Waals surface area contributed by atoms with Crippen LogP contribution >= 0.6 is 0 Å². The molecule has 0 unspecified atom stereocenters. The number of fused-ring (bicyclic) bond motifs is 1.